The first-order valence-corrected chi connectivity index (χ1v) is 9.08. The summed E-state index contributed by atoms with van der Waals surface area (Å²) in [4.78, 5) is 13.5. The predicted molar refractivity (Wildman–Crippen MR) is 111 cm³/mol. The Balaban J connectivity index is 2.02. The Morgan fingerprint density at radius 2 is 1.80 bits per heavy atom. The third-order valence-electron chi connectivity index (χ3n) is 3.31. The molecule has 0 radical (unpaired) electrons. The maximum Gasteiger partial charge on any atom is 0.225 e. The van der Waals surface area contributed by atoms with Gasteiger partial charge in [0.1, 0.15) is 5.82 Å². The summed E-state index contributed by atoms with van der Waals surface area (Å²) < 4.78 is 1.13. The molecule has 3 aromatic rings. The van der Waals surface area contributed by atoms with Gasteiger partial charge in [0.2, 0.25) is 5.95 Å². The van der Waals surface area contributed by atoms with Gasteiger partial charge in [-0.15, -0.1) is 0 Å². The van der Waals surface area contributed by atoms with E-state index < -0.39 is 0 Å². The maximum absolute atomic E-state index is 4.65. The van der Waals surface area contributed by atoms with Crippen molar-refractivity contribution in [3.05, 3.63) is 58.4 Å². The van der Waals surface area contributed by atoms with E-state index in [1.165, 1.54) is 0 Å². The largest absolute Gasteiger partial charge is 0.350 e. The van der Waals surface area contributed by atoms with E-state index in [1.807, 2.05) is 36.4 Å². The molecule has 0 bridgehead atoms. The molecule has 0 fully saturated rings. The average Bonchev–Trinajstić information content (AvgIpc) is 2.56. The molecule has 0 atom stereocenters. The molecule has 0 unspecified atom stereocenters. The van der Waals surface area contributed by atoms with E-state index in [1.54, 1.807) is 12.4 Å². The van der Waals surface area contributed by atoms with Crippen LogP contribution in [0, 0.1) is 3.57 Å². The molecule has 0 aliphatic carbocycles. The van der Waals surface area contributed by atoms with Crippen LogP contribution in [0.2, 0.25) is 0 Å². The zero-order chi connectivity index (χ0) is 17.9. The highest BCUT2D eigenvalue weighted by Gasteiger charge is 2.14. The van der Waals surface area contributed by atoms with E-state index in [2.05, 4.69) is 75.0 Å². The fraction of sp³-hybridized carbons (Fsp3) is 0.211. The highest BCUT2D eigenvalue weighted by atomic mass is 127. The summed E-state index contributed by atoms with van der Waals surface area (Å²) in [5, 5.41) is 6.74. The number of pyridine rings is 1. The van der Waals surface area contributed by atoms with Crippen molar-refractivity contribution in [1.29, 1.82) is 0 Å². The predicted octanol–water partition coefficient (Wildman–Crippen LogP) is 5.10. The number of nitrogens with zero attached hydrogens (tertiary/aromatic N) is 3. The van der Waals surface area contributed by atoms with Crippen LogP contribution in [0.5, 0.6) is 0 Å². The smallest absolute Gasteiger partial charge is 0.225 e. The molecule has 3 rings (SSSR count). The fourth-order valence-corrected chi connectivity index (χ4v) is 2.79. The van der Waals surface area contributed by atoms with Crippen LogP contribution in [-0.2, 0) is 0 Å². The first-order valence-electron chi connectivity index (χ1n) is 8.00. The minimum absolute atomic E-state index is 0.133. The number of anilines is 3. The van der Waals surface area contributed by atoms with Gasteiger partial charge >= 0.3 is 0 Å². The maximum atomic E-state index is 4.65. The summed E-state index contributed by atoms with van der Waals surface area (Å²) in [5.74, 6) is 1.33. The normalized spacial score (nSPS) is 11.2. The van der Waals surface area contributed by atoms with E-state index in [9.17, 15) is 0 Å². The summed E-state index contributed by atoms with van der Waals surface area (Å²) in [6, 6.07) is 13.9. The van der Waals surface area contributed by atoms with Crippen LogP contribution in [0.4, 0.5) is 17.5 Å². The number of hydrogen-bond donors (Lipinski definition) is 2. The van der Waals surface area contributed by atoms with E-state index in [0.717, 1.165) is 26.3 Å². The number of halogens is 1. The Hall–Kier alpha value is -2.22. The molecule has 128 valence electrons. The van der Waals surface area contributed by atoms with E-state index in [-0.39, 0.29) is 5.54 Å². The molecular formula is C19H20IN5. The van der Waals surface area contributed by atoms with Crippen molar-refractivity contribution in [3.8, 4) is 11.3 Å². The summed E-state index contributed by atoms with van der Waals surface area (Å²) in [7, 11) is 0. The van der Waals surface area contributed by atoms with Crippen LogP contribution in [0.25, 0.3) is 11.3 Å². The van der Waals surface area contributed by atoms with Crippen molar-refractivity contribution in [1.82, 2.24) is 15.0 Å². The van der Waals surface area contributed by atoms with Crippen LogP contribution < -0.4 is 10.6 Å². The van der Waals surface area contributed by atoms with Gasteiger partial charge < -0.3 is 10.6 Å². The lowest BCUT2D eigenvalue weighted by Crippen LogP contribution is -2.27. The van der Waals surface area contributed by atoms with Gasteiger partial charge in [-0.25, -0.2) is 4.98 Å². The molecule has 6 heteroatoms. The number of hydrogen-bond acceptors (Lipinski definition) is 5. The molecule has 0 spiro atoms. The highest BCUT2D eigenvalue weighted by molar-refractivity contribution is 14.1. The third-order valence-corrected chi connectivity index (χ3v) is 4.25. The zero-order valence-corrected chi connectivity index (χ0v) is 16.6. The Bertz CT molecular complexity index is 859. The minimum Gasteiger partial charge on any atom is -0.350 e. The van der Waals surface area contributed by atoms with Gasteiger partial charge in [-0.3, -0.25) is 4.98 Å². The monoisotopic (exact) mass is 445 g/mol. The van der Waals surface area contributed by atoms with Crippen molar-refractivity contribution < 1.29 is 0 Å². The summed E-state index contributed by atoms with van der Waals surface area (Å²) >= 11 is 2.31. The van der Waals surface area contributed by atoms with Gasteiger partial charge in [-0.1, -0.05) is 12.1 Å². The van der Waals surface area contributed by atoms with Gasteiger partial charge in [0.05, 0.1) is 11.4 Å². The van der Waals surface area contributed by atoms with Gasteiger partial charge in [0.25, 0.3) is 0 Å². The van der Waals surface area contributed by atoms with Crippen LogP contribution in [-0.4, -0.2) is 20.5 Å². The second kappa shape index (κ2) is 7.35. The van der Waals surface area contributed by atoms with Crippen LogP contribution >= 0.6 is 22.6 Å². The van der Waals surface area contributed by atoms with E-state index >= 15 is 0 Å². The van der Waals surface area contributed by atoms with Crippen LogP contribution in [0.15, 0.2) is 54.9 Å². The molecule has 0 aliphatic rings. The summed E-state index contributed by atoms with van der Waals surface area (Å²) in [5.41, 5.74) is 2.66. The molecule has 25 heavy (non-hydrogen) atoms. The van der Waals surface area contributed by atoms with Crippen molar-refractivity contribution in [2.45, 2.75) is 26.3 Å². The number of para-hydroxylation sites is 1. The Morgan fingerprint density at radius 3 is 2.48 bits per heavy atom. The molecule has 1 aromatic carbocycles. The topological polar surface area (TPSA) is 62.7 Å². The molecule has 2 N–H and O–H groups in total. The standard InChI is InChI=1S/C19H20IN5/c1-19(2,3)25-18-23-16(13-7-6-10-21-12-13)11-17(24-18)22-15-9-5-4-8-14(15)20/h4-12H,1-3H3,(H2,22,23,24,25). The number of benzene rings is 1. The molecule has 2 heterocycles. The van der Waals surface area contributed by atoms with Gasteiger partial charge in [0.15, 0.2) is 0 Å². The lowest BCUT2D eigenvalue weighted by molar-refractivity contribution is 0.626. The number of aromatic nitrogens is 3. The van der Waals surface area contributed by atoms with Gasteiger partial charge in [-0.2, -0.15) is 4.98 Å². The summed E-state index contributed by atoms with van der Waals surface area (Å²) in [6.07, 6.45) is 3.56. The second-order valence-electron chi connectivity index (χ2n) is 6.68. The second-order valence-corrected chi connectivity index (χ2v) is 7.85. The molecule has 2 aromatic heterocycles. The quantitative estimate of drug-likeness (QED) is 0.548. The van der Waals surface area contributed by atoms with E-state index in [4.69, 9.17) is 0 Å². The lowest BCUT2D eigenvalue weighted by atomic mass is 10.1. The van der Waals surface area contributed by atoms with Crippen molar-refractivity contribution in [3.63, 3.8) is 0 Å². The van der Waals surface area contributed by atoms with Crippen LogP contribution in [0.3, 0.4) is 0 Å². The summed E-state index contributed by atoms with van der Waals surface area (Å²) in [6.45, 7) is 6.25. The molecule has 0 saturated carbocycles. The van der Waals surface area contributed by atoms with Crippen molar-refractivity contribution in [2.24, 2.45) is 0 Å². The van der Waals surface area contributed by atoms with Crippen LogP contribution in [0.1, 0.15) is 20.8 Å². The Labute approximate surface area is 161 Å². The minimum atomic E-state index is -0.133. The third kappa shape index (κ3) is 4.88. The molecule has 0 amide bonds. The molecule has 5 nitrogen and oxygen atoms in total. The number of rotatable bonds is 4. The SMILES string of the molecule is CC(C)(C)Nc1nc(Nc2ccccc2I)cc(-c2cccnc2)n1. The molecular weight excluding hydrogens is 425 g/mol. The van der Waals surface area contributed by atoms with Gasteiger partial charge in [-0.05, 0) is 67.6 Å². The fourth-order valence-electron chi connectivity index (χ4n) is 2.27. The number of nitrogens with one attached hydrogen (secondary N) is 2. The van der Waals surface area contributed by atoms with E-state index in [0.29, 0.717) is 5.95 Å². The first-order chi connectivity index (χ1) is 11.9. The van der Waals surface area contributed by atoms with Crippen molar-refractivity contribution >= 4 is 40.0 Å². The average molecular weight is 445 g/mol. The van der Waals surface area contributed by atoms with Crippen molar-refractivity contribution in [2.75, 3.05) is 10.6 Å². The lowest BCUT2D eigenvalue weighted by Gasteiger charge is -2.21. The molecule has 0 saturated heterocycles. The van der Waals surface area contributed by atoms with Gasteiger partial charge in [0, 0.05) is 33.1 Å². The Kier molecular flexibility index (Phi) is 5.17. The Morgan fingerprint density at radius 1 is 1.00 bits per heavy atom. The molecule has 0 aliphatic heterocycles. The highest BCUT2D eigenvalue weighted by Crippen LogP contribution is 2.26. The first kappa shape index (κ1) is 17.6. The zero-order valence-electron chi connectivity index (χ0n) is 14.4.